The Morgan fingerprint density at radius 2 is 2.25 bits per heavy atom. The molecule has 0 bridgehead atoms. The number of hydrogen-bond donors (Lipinski definition) is 3. The lowest BCUT2D eigenvalue weighted by Crippen LogP contribution is -2.22. The third-order valence-corrected chi connectivity index (χ3v) is 2.70. The number of aliphatic hydroxyl groups is 2. The Balaban J connectivity index is 2.86. The fourth-order valence-corrected chi connectivity index (χ4v) is 1.99. The van der Waals surface area contributed by atoms with Gasteiger partial charge in [0.05, 0.1) is 18.2 Å². The van der Waals surface area contributed by atoms with Crippen LogP contribution in [0, 0.1) is 0 Å². The molecule has 0 radical (unpaired) electrons. The highest BCUT2D eigenvalue weighted by molar-refractivity contribution is 7.08. The first-order valence-electron chi connectivity index (χ1n) is 4.24. The molecule has 1 rings (SSSR count). The highest BCUT2D eigenvalue weighted by Crippen LogP contribution is 2.25. The zero-order chi connectivity index (χ0) is 12.1. The molecule has 0 aliphatic rings. The van der Waals surface area contributed by atoms with E-state index >= 15 is 0 Å². The minimum absolute atomic E-state index is 0.0579. The van der Waals surface area contributed by atoms with Crippen LogP contribution < -0.4 is 0 Å². The fourth-order valence-electron chi connectivity index (χ4n) is 1.14. The number of aromatic carboxylic acids is 1. The highest BCUT2D eigenvalue weighted by atomic mass is 32.1. The second-order valence-electron chi connectivity index (χ2n) is 2.97. The maximum atomic E-state index is 10.8. The van der Waals surface area contributed by atoms with Gasteiger partial charge in [-0.2, -0.15) is 11.3 Å². The van der Waals surface area contributed by atoms with Crippen molar-refractivity contribution in [3.8, 4) is 0 Å². The van der Waals surface area contributed by atoms with Gasteiger partial charge in [0.15, 0.2) is 0 Å². The summed E-state index contributed by atoms with van der Waals surface area (Å²) in [5.74, 6) is -1.17. The van der Waals surface area contributed by atoms with Crippen molar-refractivity contribution >= 4 is 17.3 Å². The fraction of sp³-hybridized carbons (Fsp3) is 0.375. The molecule has 0 aliphatic heterocycles. The molecule has 2 atom stereocenters. The van der Waals surface area contributed by atoms with E-state index in [2.05, 4.69) is 10.0 Å². The van der Waals surface area contributed by atoms with Crippen LogP contribution in [0.5, 0.6) is 0 Å². The first-order chi connectivity index (χ1) is 7.57. The Morgan fingerprint density at radius 3 is 2.81 bits per heavy atom. The van der Waals surface area contributed by atoms with Crippen LogP contribution in [0.4, 0.5) is 0 Å². The van der Waals surface area contributed by atoms with E-state index in [1.807, 2.05) is 0 Å². The number of rotatable bonds is 5. The van der Waals surface area contributed by atoms with Gasteiger partial charge in [-0.15, -0.1) is 0 Å². The lowest BCUT2D eigenvalue weighted by Gasteiger charge is -2.15. The quantitative estimate of drug-likeness (QED) is 0.407. The van der Waals surface area contributed by atoms with Gasteiger partial charge in [0, 0.05) is 15.9 Å². The van der Waals surface area contributed by atoms with E-state index in [9.17, 15) is 15.0 Å². The predicted molar refractivity (Wildman–Crippen MR) is 56.3 cm³/mol. The summed E-state index contributed by atoms with van der Waals surface area (Å²) in [4.78, 5) is 13.2. The molecule has 8 heteroatoms. The monoisotopic (exact) mass is 243 g/mol. The number of hydrogen-bond acceptors (Lipinski definition) is 5. The molecule has 2 unspecified atom stereocenters. The average molecular weight is 243 g/mol. The smallest absolute Gasteiger partial charge is 0.336 e. The summed E-state index contributed by atoms with van der Waals surface area (Å²) in [6.45, 7) is -0.313. The molecule has 0 spiro atoms. The van der Waals surface area contributed by atoms with Crippen LogP contribution in [-0.4, -0.2) is 33.9 Å². The van der Waals surface area contributed by atoms with Crippen molar-refractivity contribution < 1.29 is 20.1 Å². The van der Waals surface area contributed by atoms with Gasteiger partial charge in [0.1, 0.15) is 6.10 Å². The molecule has 0 saturated heterocycles. The molecule has 0 saturated carbocycles. The van der Waals surface area contributed by atoms with E-state index in [0.29, 0.717) is 0 Å². The largest absolute Gasteiger partial charge is 0.478 e. The van der Waals surface area contributed by atoms with Crippen molar-refractivity contribution in [2.45, 2.75) is 12.2 Å². The van der Waals surface area contributed by atoms with E-state index in [0.717, 1.165) is 11.3 Å². The second-order valence-corrected chi connectivity index (χ2v) is 3.72. The van der Waals surface area contributed by atoms with Crippen molar-refractivity contribution in [3.05, 3.63) is 32.3 Å². The standard InChI is InChI=1S/C8H9N3O4S/c9-11-10-1-6(12)7(13)4-2-16-3-5(4)8(14)15/h2-3,6-7,12-13H,1H2,(H,14,15). The van der Waals surface area contributed by atoms with Gasteiger partial charge in [-0.05, 0) is 10.9 Å². The molecule has 0 aliphatic carbocycles. The van der Waals surface area contributed by atoms with Crippen molar-refractivity contribution in [3.63, 3.8) is 0 Å². The molecule has 1 aromatic heterocycles. The maximum absolute atomic E-state index is 10.8. The molecule has 1 heterocycles. The molecule has 7 nitrogen and oxygen atoms in total. The van der Waals surface area contributed by atoms with Crippen LogP contribution in [0.15, 0.2) is 15.9 Å². The van der Waals surface area contributed by atoms with Gasteiger partial charge < -0.3 is 15.3 Å². The van der Waals surface area contributed by atoms with Crippen molar-refractivity contribution in [1.29, 1.82) is 0 Å². The van der Waals surface area contributed by atoms with Crippen LogP contribution in [0.2, 0.25) is 0 Å². The summed E-state index contributed by atoms with van der Waals surface area (Å²) in [7, 11) is 0. The zero-order valence-electron chi connectivity index (χ0n) is 8.02. The summed E-state index contributed by atoms with van der Waals surface area (Å²) < 4.78 is 0. The first kappa shape index (κ1) is 12.5. The number of aliphatic hydroxyl groups excluding tert-OH is 2. The van der Waals surface area contributed by atoms with Gasteiger partial charge in [-0.1, -0.05) is 5.11 Å². The molecule has 0 fully saturated rings. The highest BCUT2D eigenvalue weighted by Gasteiger charge is 2.23. The molecular weight excluding hydrogens is 234 g/mol. The number of nitrogens with zero attached hydrogens (tertiary/aromatic N) is 3. The number of thiophene rings is 1. The number of azide groups is 1. The minimum atomic E-state index is -1.37. The van der Waals surface area contributed by atoms with E-state index in [1.54, 1.807) is 0 Å². The molecule has 3 N–H and O–H groups in total. The van der Waals surface area contributed by atoms with Gasteiger partial charge >= 0.3 is 5.97 Å². The predicted octanol–water partition coefficient (Wildman–Crippen LogP) is 1.15. The Bertz CT molecular complexity index is 427. The summed E-state index contributed by atoms with van der Waals surface area (Å²) in [6.07, 6.45) is -2.69. The third kappa shape index (κ3) is 2.71. The summed E-state index contributed by atoms with van der Waals surface area (Å²) in [5, 5.41) is 33.8. The molecular formula is C8H9N3O4S. The zero-order valence-corrected chi connectivity index (χ0v) is 8.83. The number of carbonyl (C=O) groups is 1. The van der Waals surface area contributed by atoms with Crippen LogP contribution in [0.25, 0.3) is 10.4 Å². The Morgan fingerprint density at radius 1 is 1.56 bits per heavy atom. The van der Waals surface area contributed by atoms with E-state index < -0.39 is 18.2 Å². The van der Waals surface area contributed by atoms with Crippen LogP contribution >= 0.6 is 11.3 Å². The van der Waals surface area contributed by atoms with Crippen molar-refractivity contribution in [1.82, 2.24) is 0 Å². The average Bonchev–Trinajstić information content (AvgIpc) is 2.73. The van der Waals surface area contributed by atoms with E-state index in [1.165, 1.54) is 10.8 Å². The lowest BCUT2D eigenvalue weighted by molar-refractivity contribution is 0.0235. The molecule has 1 aromatic rings. The summed E-state index contributed by atoms with van der Waals surface area (Å²) >= 11 is 1.11. The SMILES string of the molecule is [N-]=[N+]=NCC(O)C(O)c1cscc1C(=O)O. The van der Waals surface area contributed by atoms with Gasteiger partial charge in [-0.3, -0.25) is 0 Å². The molecule has 86 valence electrons. The number of carboxylic acid groups (broad SMARTS) is 1. The van der Waals surface area contributed by atoms with Crippen molar-refractivity contribution in [2.75, 3.05) is 6.54 Å². The van der Waals surface area contributed by atoms with Gasteiger partial charge in [0.2, 0.25) is 0 Å². The summed E-state index contributed by atoms with van der Waals surface area (Å²) in [5.41, 5.74) is 8.11. The van der Waals surface area contributed by atoms with E-state index in [-0.39, 0.29) is 17.7 Å². The molecule has 16 heavy (non-hydrogen) atoms. The number of carboxylic acids is 1. The maximum Gasteiger partial charge on any atom is 0.336 e. The second kappa shape index (κ2) is 5.47. The Kier molecular flexibility index (Phi) is 4.27. The van der Waals surface area contributed by atoms with Crippen molar-refractivity contribution in [2.24, 2.45) is 5.11 Å². The Hall–Kier alpha value is -1.60. The minimum Gasteiger partial charge on any atom is -0.478 e. The van der Waals surface area contributed by atoms with Gasteiger partial charge in [0.25, 0.3) is 0 Å². The topological polar surface area (TPSA) is 127 Å². The molecule has 0 amide bonds. The van der Waals surface area contributed by atoms with E-state index in [4.69, 9.17) is 10.6 Å². The molecule has 0 aromatic carbocycles. The Labute approximate surface area is 94.2 Å². The normalized spacial score (nSPS) is 13.9. The first-order valence-corrected chi connectivity index (χ1v) is 5.18. The van der Waals surface area contributed by atoms with Crippen LogP contribution in [0.1, 0.15) is 22.0 Å². The van der Waals surface area contributed by atoms with Crippen LogP contribution in [0.3, 0.4) is 0 Å². The van der Waals surface area contributed by atoms with Gasteiger partial charge in [-0.25, -0.2) is 4.79 Å². The lowest BCUT2D eigenvalue weighted by atomic mass is 10.0. The summed E-state index contributed by atoms with van der Waals surface area (Å²) in [6, 6.07) is 0. The van der Waals surface area contributed by atoms with Crippen LogP contribution in [-0.2, 0) is 0 Å². The third-order valence-electron chi connectivity index (χ3n) is 1.94.